The van der Waals surface area contributed by atoms with Crippen molar-refractivity contribution in [3.05, 3.63) is 45.9 Å². The first kappa shape index (κ1) is 12.9. The molecule has 2 heterocycles. The van der Waals surface area contributed by atoms with E-state index in [1.165, 1.54) is 23.2 Å². The Hall–Kier alpha value is -1.81. The van der Waals surface area contributed by atoms with Crippen LogP contribution >= 0.6 is 15.9 Å². The second kappa shape index (κ2) is 4.88. The Balaban J connectivity index is 1.84. The van der Waals surface area contributed by atoms with Crippen molar-refractivity contribution in [3.63, 3.8) is 0 Å². The van der Waals surface area contributed by atoms with Crippen LogP contribution in [0, 0.1) is 6.92 Å². The maximum absolute atomic E-state index is 4.78. The molecule has 0 aliphatic carbocycles. The van der Waals surface area contributed by atoms with Crippen molar-refractivity contribution < 1.29 is 0 Å². The molecular formula is C17H16BrN3. The number of nitrogens with one attached hydrogen (secondary N) is 2. The number of imidazole rings is 1. The Morgan fingerprint density at radius 2 is 2.10 bits per heavy atom. The van der Waals surface area contributed by atoms with Gasteiger partial charge in [-0.05, 0) is 61.2 Å². The van der Waals surface area contributed by atoms with Crippen LogP contribution in [0.25, 0.3) is 22.4 Å². The Kier molecular flexibility index (Phi) is 3.00. The SMILES string of the molecule is Cc1cc(Br)cc2[nH]c(-c3ccc4c(c3)CCCN4)nc12. The first-order valence-corrected chi connectivity index (χ1v) is 8.03. The third-order valence-corrected chi connectivity index (χ3v) is 4.52. The Labute approximate surface area is 131 Å². The average Bonchev–Trinajstić information content (AvgIpc) is 2.91. The fourth-order valence-electron chi connectivity index (χ4n) is 3.01. The highest BCUT2D eigenvalue weighted by molar-refractivity contribution is 9.10. The molecule has 4 heteroatoms. The molecule has 3 aromatic rings. The molecule has 2 N–H and O–H groups in total. The number of anilines is 1. The van der Waals surface area contributed by atoms with Crippen molar-refractivity contribution in [2.45, 2.75) is 19.8 Å². The van der Waals surface area contributed by atoms with Gasteiger partial charge >= 0.3 is 0 Å². The standard InChI is InChI=1S/C17H16BrN3/c1-10-7-13(18)9-15-16(10)21-17(20-15)12-4-5-14-11(8-12)3-2-6-19-14/h4-5,7-9,19H,2-3,6H2,1H3,(H,20,21). The van der Waals surface area contributed by atoms with Crippen LogP contribution in [0.15, 0.2) is 34.8 Å². The number of aryl methyl sites for hydroxylation is 2. The molecule has 2 aromatic carbocycles. The number of fused-ring (bicyclic) bond motifs is 2. The van der Waals surface area contributed by atoms with E-state index in [2.05, 4.69) is 63.5 Å². The van der Waals surface area contributed by atoms with Crippen molar-refractivity contribution in [2.75, 3.05) is 11.9 Å². The van der Waals surface area contributed by atoms with Gasteiger partial charge in [0.25, 0.3) is 0 Å². The summed E-state index contributed by atoms with van der Waals surface area (Å²) in [6.45, 7) is 3.17. The number of aromatic amines is 1. The monoisotopic (exact) mass is 341 g/mol. The van der Waals surface area contributed by atoms with Crippen LogP contribution in [0.2, 0.25) is 0 Å². The van der Waals surface area contributed by atoms with E-state index >= 15 is 0 Å². The summed E-state index contributed by atoms with van der Waals surface area (Å²) in [6, 6.07) is 10.7. The largest absolute Gasteiger partial charge is 0.385 e. The highest BCUT2D eigenvalue weighted by Gasteiger charge is 2.12. The van der Waals surface area contributed by atoms with Crippen LogP contribution < -0.4 is 5.32 Å². The quantitative estimate of drug-likeness (QED) is 0.675. The molecule has 21 heavy (non-hydrogen) atoms. The smallest absolute Gasteiger partial charge is 0.138 e. The topological polar surface area (TPSA) is 40.7 Å². The fraction of sp³-hybridized carbons (Fsp3) is 0.235. The summed E-state index contributed by atoms with van der Waals surface area (Å²) in [5, 5.41) is 3.45. The Bertz CT molecular complexity index is 835. The number of H-pyrrole nitrogens is 1. The minimum absolute atomic E-state index is 0.944. The van der Waals surface area contributed by atoms with Crippen molar-refractivity contribution in [1.29, 1.82) is 0 Å². The molecule has 0 atom stereocenters. The first-order valence-electron chi connectivity index (χ1n) is 7.24. The predicted molar refractivity (Wildman–Crippen MR) is 90.8 cm³/mol. The molecule has 0 amide bonds. The highest BCUT2D eigenvalue weighted by Crippen LogP contribution is 2.29. The van der Waals surface area contributed by atoms with E-state index in [-0.39, 0.29) is 0 Å². The third kappa shape index (κ3) is 2.23. The normalized spacial score (nSPS) is 14.0. The molecule has 0 saturated heterocycles. The number of nitrogens with zero attached hydrogens (tertiary/aromatic N) is 1. The van der Waals surface area contributed by atoms with E-state index < -0.39 is 0 Å². The lowest BCUT2D eigenvalue weighted by atomic mass is 10.0. The van der Waals surface area contributed by atoms with Gasteiger partial charge in [-0.15, -0.1) is 0 Å². The second-order valence-corrected chi connectivity index (χ2v) is 6.52. The van der Waals surface area contributed by atoms with Crippen molar-refractivity contribution in [1.82, 2.24) is 9.97 Å². The average molecular weight is 342 g/mol. The molecule has 0 spiro atoms. The lowest BCUT2D eigenvalue weighted by molar-refractivity contribution is 0.830. The van der Waals surface area contributed by atoms with E-state index in [1.807, 2.05) is 0 Å². The molecule has 4 rings (SSSR count). The van der Waals surface area contributed by atoms with Crippen molar-refractivity contribution in [3.8, 4) is 11.4 Å². The van der Waals surface area contributed by atoms with Gasteiger partial charge in [-0.1, -0.05) is 15.9 Å². The predicted octanol–water partition coefficient (Wildman–Crippen LogP) is 4.66. The molecule has 106 valence electrons. The summed E-state index contributed by atoms with van der Waals surface area (Å²) in [5.74, 6) is 0.944. The molecule has 1 aliphatic rings. The van der Waals surface area contributed by atoms with E-state index in [0.29, 0.717) is 0 Å². The summed E-state index contributed by atoms with van der Waals surface area (Å²) < 4.78 is 1.08. The molecule has 0 bridgehead atoms. The molecule has 0 radical (unpaired) electrons. The second-order valence-electron chi connectivity index (χ2n) is 5.61. The number of hydrogen-bond acceptors (Lipinski definition) is 2. The maximum Gasteiger partial charge on any atom is 0.138 e. The fourth-order valence-corrected chi connectivity index (χ4v) is 3.58. The maximum atomic E-state index is 4.78. The minimum atomic E-state index is 0.944. The molecule has 0 saturated carbocycles. The van der Waals surface area contributed by atoms with Crippen molar-refractivity contribution in [2.24, 2.45) is 0 Å². The summed E-state index contributed by atoms with van der Waals surface area (Å²) in [7, 11) is 0. The van der Waals surface area contributed by atoms with Gasteiger partial charge in [0.2, 0.25) is 0 Å². The molecular weight excluding hydrogens is 326 g/mol. The van der Waals surface area contributed by atoms with Crippen LogP contribution in [-0.4, -0.2) is 16.5 Å². The summed E-state index contributed by atoms with van der Waals surface area (Å²) in [6.07, 6.45) is 2.34. The number of benzene rings is 2. The molecule has 0 fully saturated rings. The first-order chi connectivity index (χ1) is 10.2. The number of hydrogen-bond donors (Lipinski definition) is 2. The van der Waals surface area contributed by atoms with Crippen LogP contribution in [-0.2, 0) is 6.42 Å². The zero-order valence-corrected chi connectivity index (χ0v) is 13.4. The van der Waals surface area contributed by atoms with Gasteiger partial charge in [0.05, 0.1) is 11.0 Å². The van der Waals surface area contributed by atoms with E-state index in [9.17, 15) is 0 Å². The molecule has 3 nitrogen and oxygen atoms in total. The molecule has 1 aromatic heterocycles. The summed E-state index contributed by atoms with van der Waals surface area (Å²) >= 11 is 3.54. The summed E-state index contributed by atoms with van der Waals surface area (Å²) in [4.78, 5) is 8.21. The zero-order chi connectivity index (χ0) is 14.4. The van der Waals surface area contributed by atoms with Crippen molar-refractivity contribution >= 4 is 32.7 Å². The minimum Gasteiger partial charge on any atom is -0.385 e. The Morgan fingerprint density at radius 1 is 1.19 bits per heavy atom. The van der Waals surface area contributed by atoms with Crippen LogP contribution in [0.3, 0.4) is 0 Å². The van der Waals surface area contributed by atoms with E-state index in [4.69, 9.17) is 4.98 Å². The van der Waals surface area contributed by atoms with Crippen LogP contribution in [0.4, 0.5) is 5.69 Å². The Morgan fingerprint density at radius 3 is 3.00 bits per heavy atom. The number of rotatable bonds is 1. The van der Waals surface area contributed by atoms with Gasteiger partial charge in [-0.3, -0.25) is 0 Å². The van der Waals surface area contributed by atoms with E-state index in [0.717, 1.165) is 39.9 Å². The van der Waals surface area contributed by atoms with Gasteiger partial charge < -0.3 is 10.3 Å². The molecule has 0 unspecified atom stereocenters. The van der Waals surface area contributed by atoms with Gasteiger partial charge in [0, 0.05) is 22.3 Å². The van der Waals surface area contributed by atoms with Crippen LogP contribution in [0.1, 0.15) is 17.5 Å². The van der Waals surface area contributed by atoms with Crippen LogP contribution in [0.5, 0.6) is 0 Å². The number of halogens is 1. The van der Waals surface area contributed by atoms with Gasteiger partial charge in [0.1, 0.15) is 5.82 Å². The van der Waals surface area contributed by atoms with Gasteiger partial charge in [0.15, 0.2) is 0 Å². The zero-order valence-electron chi connectivity index (χ0n) is 11.8. The van der Waals surface area contributed by atoms with E-state index in [1.54, 1.807) is 0 Å². The van der Waals surface area contributed by atoms with Gasteiger partial charge in [-0.2, -0.15) is 0 Å². The number of aromatic nitrogens is 2. The third-order valence-electron chi connectivity index (χ3n) is 4.06. The molecule has 1 aliphatic heterocycles. The van der Waals surface area contributed by atoms with Gasteiger partial charge in [-0.25, -0.2) is 4.98 Å². The lowest BCUT2D eigenvalue weighted by Gasteiger charge is -2.18. The lowest BCUT2D eigenvalue weighted by Crippen LogP contribution is -2.11. The highest BCUT2D eigenvalue weighted by atomic mass is 79.9. The summed E-state index contributed by atoms with van der Waals surface area (Å²) in [5.41, 5.74) is 7.11.